The van der Waals surface area contributed by atoms with Crippen LogP contribution in [0.1, 0.15) is 11.6 Å². The van der Waals surface area contributed by atoms with Gasteiger partial charge in [-0.15, -0.1) is 0 Å². The predicted octanol–water partition coefficient (Wildman–Crippen LogP) is 1.45. The molecule has 5 nitrogen and oxygen atoms in total. The maximum Gasteiger partial charge on any atom is 0.341 e. The van der Waals surface area contributed by atoms with Gasteiger partial charge in [0.15, 0.2) is 0 Å². The van der Waals surface area contributed by atoms with Crippen molar-refractivity contribution in [1.29, 1.82) is 0 Å². The molecule has 0 bridgehead atoms. The number of nitrogens with one attached hydrogen (secondary N) is 1. The molecule has 0 aliphatic carbocycles. The minimum Gasteiger partial charge on any atom is -0.468 e. The molecule has 1 aromatic rings. The number of methoxy groups -OCH3 is 1. The normalized spacial score (nSPS) is 22.4. The van der Waals surface area contributed by atoms with Gasteiger partial charge < -0.3 is 10.1 Å². The van der Waals surface area contributed by atoms with Crippen LogP contribution in [0, 0.1) is 11.7 Å². The quantitative estimate of drug-likeness (QED) is 0.808. The molecule has 0 saturated carbocycles. The third-order valence-corrected chi connectivity index (χ3v) is 2.69. The Kier molecular flexibility index (Phi) is 3.36. The largest absolute Gasteiger partial charge is 0.468 e. The van der Waals surface area contributed by atoms with E-state index in [1.54, 1.807) is 0 Å². The summed E-state index contributed by atoms with van der Waals surface area (Å²) in [7, 11) is 1.26. The fourth-order valence-electron chi connectivity index (χ4n) is 1.79. The fraction of sp³-hybridized carbons (Fsp3) is 0.250. The lowest BCUT2D eigenvalue weighted by Gasteiger charge is -2.26. The van der Waals surface area contributed by atoms with Gasteiger partial charge in [0.05, 0.1) is 13.2 Å². The van der Waals surface area contributed by atoms with E-state index in [0.29, 0.717) is 5.56 Å². The Morgan fingerprint density at radius 1 is 1.39 bits per heavy atom. The Labute approximate surface area is 103 Å². The smallest absolute Gasteiger partial charge is 0.341 e. The standard InChI is InChI=1S/C12H11FN2O3/c1-18-11(16)9-6-14-12(17)15-10(9)7-2-4-8(13)5-3-7/h2-6,9-10H,1H3,(H,15,17). The van der Waals surface area contributed by atoms with Crippen molar-refractivity contribution in [3.63, 3.8) is 0 Å². The second kappa shape index (κ2) is 4.95. The Morgan fingerprint density at radius 2 is 2.06 bits per heavy atom. The zero-order valence-electron chi connectivity index (χ0n) is 9.59. The number of nitrogens with zero attached hydrogens (tertiary/aromatic N) is 1. The van der Waals surface area contributed by atoms with E-state index in [-0.39, 0.29) is 5.82 Å². The first kappa shape index (κ1) is 12.2. The summed E-state index contributed by atoms with van der Waals surface area (Å²) < 4.78 is 17.5. The molecule has 6 heteroatoms. The van der Waals surface area contributed by atoms with Crippen molar-refractivity contribution in [3.05, 3.63) is 35.6 Å². The van der Waals surface area contributed by atoms with Crippen LogP contribution in [-0.2, 0) is 9.53 Å². The van der Waals surface area contributed by atoms with Gasteiger partial charge in [0.1, 0.15) is 11.7 Å². The molecule has 0 saturated heterocycles. The number of ether oxygens (including phenoxy) is 1. The highest BCUT2D eigenvalue weighted by Gasteiger charge is 2.33. The van der Waals surface area contributed by atoms with Crippen LogP contribution >= 0.6 is 0 Å². The number of hydrogen-bond donors (Lipinski definition) is 1. The minimum absolute atomic E-state index is 0.385. The molecule has 1 aromatic carbocycles. The molecular formula is C12H11FN2O3. The van der Waals surface area contributed by atoms with Crippen LogP contribution in [-0.4, -0.2) is 25.3 Å². The minimum atomic E-state index is -0.710. The number of esters is 1. The topological polar surface area (TPSA) is 67.8 Å². The average Bonchev–Trinajstić information content (AvgIpc) is 2.38. The highest BCUT2D eigenvalue weighted by Crippen LogP contribution is 2.25. The van der Waals surface area contributed by atoms with Gasteiger partial charge in [0.2, 0.25) is 0 Å². The zero-order chi connectivity index (χ0) is 13.1. The van der Waals surface area contributed by atoms with Gasteiger partial charge in [-0.05, 0) is 17.7 Å². The van der Waals surface area contributed by atoms with E-state index in [2.05, 4.69) is 15.0 Å². The maximum absolute atomic E-state index is 12.8. The molecule has 1 aliphatic rings. The van der Waals surface area contributed by atoms with Crippen LogP contribution in [0.15, 0.2) is 29.3 Å². The summed E-state index contributed by atoms with van der Waals surface area (Å²) in [6.45, 7) is 0. The molecule has 2 atom stereocenters. The molecule has 1 heterocycles. The lowest BCUT2D eigenvalue weighted by Crippen LogP contribution is -2.40. The zero-order valence-corrected chi connectivity index (χ0v) is 9.59. The highest BCUT2D eigenvalue weighted by molar-refractivity contribution is 5.98. The molecule has 0 aromatic heterocycles. The van der Waals surface area contributed by atoms with Crippen molar-refractivity contribution >= 4 is 18.2 Å². The molecule has 1 aliphatic heterocycles. The lowest BCUT2D eigenvalue weighted by atomic mass is 9.93. The molecule has 18 heavy (non-hydrogen) atoms. The fourth-order valence-corrected chi connectivity index (χ4v) is 1.79. The molecular weight excluding hydrogens is 239 g/mol. The van der Waals surface area contributed by atoms with Gasteiger partial charge >= 0.3 is 12.0 Å². The summed E-state index contributed by atoms with van der Waals surface area (Å²) >= 11 is 0. The van der Waals surface area contributed by atoms with Gasteiger partial charge in [-0.1, -0.05) is 12.1 Å². The SMILES string of the molecule is COC(=O)C1C=NC(=O)NC1c1ccc(F)cc1. The number of aliphatic imine (C=N–C) groups is 1. The van der Waals surface area contributed by atoms with Gasteiger partial charge in [0, 0.05) is 6.21 Å². The number of benzene rings is 1. The van der Waals surface area contributed by atoms with E-state index < -0.39 is 24.0 Å². The number of rotatable bonds is 2. The molecule has 0 fully saturated rings. The third kappa shape index (κ3) is 2.37. The molecule has 2 unspecified atom stereocenters. The van der Waals surface area contributed by atoms with Crippen molar-refractivity contribution < 1.29 is 18.7 Å². The molecule has 1 N–H and O–H groups in total. The van der Waals surface area contributed by atoms with Crippen LogP contribution in [0.4, 0.5) is 9.18 Å². The number of hydrogen-bond acceptors (Lipinski definition) is 3. The van der Waals surface area contributed by atoms with Gasteiger partial charge in [0.25, 0.3) is 0 Å². The first-order valence-corrected chi connectivity index (χ1v) is 5.30. The number of carbonyl (C=O) groups excluding carboxylic acids is 2. The molecule has 2 rings (SSSR count). The van der Waals surface area contributed by atoms with Gasteiger partial charge in [-0.3, -0.25) is 4.79 Å². The van der Waals surface area contributed by atoms with Crippen LogP contribution in [0.25, 0.3) is 0 Å². The summed E-state index contributed by atoms with van der Waals surface area (Å²) in [6.07, 6.45) is 1.25. The van der Waals surface area contributed by atoms with E-state index in [9.17, 15) is 14.0 Å². The van der Waals surface area contributed by atoms with Crippen LogP contribution in [0.5, 0.6) is 0 Å². The molecule has 0 spiro atoms. The summed E-state index contributed by atoms with van der Waals surface area (Å²) in [4.78, 5) is 26.3. The first-order valence-electron chi connectivity index (χ1n) is 5.30. The summed E-state index contributed by atoms with van der Waals surface area (Å²) in [5.41, 5.74) is 0.617. The third-order valence-electron chi connectivity index (χ3n) is 2.69. The Balaban J connectivity index is 2.33. The van der Waals surface area contributed by atoms with Crippen molar-refractivity contribution in [3.8, 4) is 0 Å². The molecule has 2 amide bonds. The van der Waals surface area contributed by atoms with Crippen molar-refractivity contribution in [2.75, 3.05) is 7.11 Å². The van der Waals surface area contributed by atoms with E-state index in [1.807, 2.05) is 0 Å². The predicted molar refractivity (Wildman–Crippen MR) is 61.7 cm³/mol. The van der Waals surface area contributed by atoms with Crippen molar-refractivity contribution in [2.24, 2.45) is 10.9 Å². The summed E-state index contributed by atoms with van der Waals surface area (Å²) in [5, 5.41) is 2.56. The van der Waals surface area contributed by atoms with E-state index in [4.69, 9.17) is 0 Å². The van der Waals surface area contributed by atoms with Crippen LogP contribution in [0.3, 0.4) is 0 Å². The van der Waals surface area contributed by atoms with Crippen molar-refractivity contribution in [2.45, 2.75) is 6.04 Å². The number of amides is 2. The monoisotopic (exact) mass is 250 g/mol. The van der Waals surface area contributed by atoms with E-state index >= 15 is 0 Å². The average molecular weight is 250 g/mol. The Morgan fingerprint density at radius 3 is 2.67 bits per heavy atom. The summed E-state index contributed by atoms with van der Waals surface area (Å²) in [5.74, 6) is -1.60. The Bertz CT molecular complexity index is 499. The van der Waals surface area contributed by atoms with Crippen molar-refractivity contribution in [1.82, 2.24) is 5.32 Å². The second-order valence-corrected chi connectivity index (χ2v) is 3.81. The Hall–Kier alpha value is -2.24. The van der Waals surface area contributed by atoms with E-state index in [0.717, 1.165) is 0 Å². The number of carbonyl (C=O) groups is 2. The summed E-state index contributed by atoms with van der Waals surface area (Å²) in [6, 6.07) is 4.42. The molecule has 0 radical (unpaired) electrons. The first-order chi connectivity index (χ1) is 8.61. The van der Waals surface area contributed by atoms with E-state index in [1.165, 1.54) is 37.6 Å². The molecule has 94 valence electrons. The van der Waals surface area contributed by atoms with Crippen LogP contribution < -0.4 is 5.32 Å². The van der Waals surface area contributed by atoms with Crippen LogP contribution in [0.2, 0.25) is 0 Å². The highest BCUT2D eigenvalue weighted by atomic mass is 19.1. The van der Waals surface area contributed by atoms with Gasteiger partial charge in [-0.2, -0.15) is 0 Å². The maximum atomic E-state index is 12.8. The number of urea groups is 1. The second-order valence-electron chi connectivity index (χ2n) is 3.81. The lowest BCUT2D eigenvalue weighted by molar-refractivity contribution is -0.143. The van der Waals surface area contributed by atoms with Gasteiger partial charge in [-0.25, -0.2) is 14.2 Å². The number of halogens is 1.